The zero-order valence-corrected chi connectivity index (χ0v) is 11.9. The zero-order chi connectivity index (χ0) is 17.3. The molecule has 0 aliphatic carbocycles. The van der Waals surface area contributed by atoms with Gasteiger partial charge in [-0.3, -0.25) is 0 Å². The second-order valence-corrected chi connectivity index (χ2v) is 5.48. The van der Waals surface area contributed by atoms with Gasteiger partial charge >= 0.3 is 0 Å². The summed E-state index contributed by atoms with van der Waals surface area (Å²) in [5.41, 5.74) is 0. The highest BCUT2D eigenvalue weighted by molar-refractivity contribution is 4.93. The summed E-state index contributed by atoms with van der Waals surface area (Å²) < 4.78 is 29.0. The molecule has 0 radical (unpaired) electrons. The molecule has 136 valence electrons. The first-order valence-corrected chi connectivity index (χ1v) is 7.04. The second-order valence-electron chi connectivity index (χ2n) is 5.48. The molecule has 2 aliphatic heterocycles. The van der Waals surface area contributed by atoms with Gasteiger partial charge in [0.05, 0.1) is 13.2 Å². The molecule has 0 aromatic rings. The summed E-state index contributed by atoms with van der Waals surface area (Å²) in [5.74, 6) is 0. The lowest BCUT2D eigenvalue weighted by Gasteiger charge is -2.44. The SMILES string of the molecule is OC[C@H]1O[C@@H](O[C@H]2[C@H](O)[C@@H](O)C(O)O[C@@H]2CO)[C@H](F)[C@@H](O)[C@@H]1O. The van der Waals surface area contributed by atoms with Crippen molar-refractivity contribution >= 4 is 0 Å². The van der Waals surface area contributed by atoms with Crippen molar-refractivity contribution in [2.45, 2.75) is 61.5 Å². The number of halogens is 1. The van der Waals surface area contributed by atoms with Crippen molar-refractivity contribution in [3.63, 3.8) is 0 Å². The summed E-state index contributed by atoms with van der Waals surface area (Å²) in [6.45, 7) is -1.44. The van der Waals surface area contributed by atoms with E-state index in [9.17, 15) is 35.0 Å². The van der Waals surface area contributed by atoms with Gasteiger partial charge in [0, 0.05) is 0 Å². The molecule has 0 spiro atoms. The minimum Gasteiger partial charge on any atom is -0.394 e. The average Bonchev–Trinajstić information content (AvgIpc) is 2.55. The van der Waals surface area contributed by atoms with E-state index in [0.29, 0.717) is 0 Å². The number of alkyl halides is 1. The first kappa shape index (κ1) is 18.9. The molecule has 2 saturated heterocycles. The molecule has 2 rings (SSSR count). The Morgan fingerprint density at radius 3 is 1.96 bits per heavy atom. The van der Waals surface area contributed by atoms with Crippen LogP contribution in [0.25, 0.3) is 0 Å². The van der Waals surface area contributed by atoms with Crippen molar-refractivity contribution in [2.24, 2.45) is 0 Å². The van der Waals surface area contributed by atoms with Crippen LogP contribution < -0.4 is 0 Å². The van der Waals surface area contributed by atoms with E-state index in [1.54, 1.807) is 0 Å². The lowest BCUT2D eigenvalue weighted by molar-refractivity contribution is -0.348. The summed E-state index contributed by atoms with van der Waals surface area (Å²) in [6, 6.07) is 0. The zero-order valence-electron chi connectivity index (χ0n) is 11.9. The Bertz CT molecular complexity index is 383. The fourth-order valence-electron chi connectivity index (χ4n) is 2.55. The lowest BCUT2D eigenvalue weighted by Crippen LogP contribution is -2.63. The van der Waals surface area contributed by atoms with Gasteiger partial charge in [-0.25, -0.2) is 4.39 Å². The third kappa shape index (κ3) is 3.64. The quantitative estimate of drug-likeness (QED) is 0.264. The van der Waals surface area contributed by atoms with Crippen LogP contribution in [0.2, 0.25) is 0 Å². The molecule has 0 saturated carbocycles. The number of aliphatic hydroxyl groups excluding tert-OH is 7. The molecular weight excluding hydrogens is 323 g/mol. The summed E-state index contributed by atoms with van der Waals surface area (Å²) in [7, 11) is 0. The van der Waals surface area contributed by atoms with E-state index in [4.69, 9.17) is 19.3 Å². The van der Waals surface area contributed by atoms with Crippen molar-refractivity contribution in [1.82, 2.24) is 0 Å². The Kier molecular flexibility index (Phi) is 6.24. The second kappa shape index (κ2) is 7.61. The van der Waals surface area contributed by atoms with E-state index in [-0.39, 0.29) is 0 Å². The molecule has 2 aliphatic rings. The van der Waals surface area contributed by atoms with E-state index in [0.717, 1.165) is 0 Å². The Morgan fingerprint density at radius 1 is 0.783 bits per heavy atom. The fraction of sp³-hybridized carbons (Fsp3) is 1.00. The van der Waals surface area contributed by atoms with Gasteiger partial charge < -0.3 is 50.0 Å². The van der Waals surface area contributed by atoms with Crippen LogP contribution in [0.4, 0.5) is 4.39 Å². The molecule has 10 nitrogen and oxygen atoms in total. The number of ether oxygens (including phenoxy) is 3. The van der Waals surface area contributed by atoms with Crippen molar-refractivity contribution in [3.05, 3.63) is 0 Å². The molecule has 0 amide bonds. The maximum absolute atomic E-state index is 14.1. The van der Waals surface area contributed by atoms with Crippen LogP contribution in [0.3, 0.4) is 0 Å². The summed E-state index contributed by atoms with van der Waals surface area (Å²) in [5, 5.41) is 66.2. The first-order valence-electron chi connectivity index (χ1n) is 7.04. The average molecular weight is 344 g/mol. The predicted octanol–water partition coefficient (Wildman–Crippen LogP) is -4.42. The first-order chi connectivity index (χ1) is 10.8. The Morgan fingerprint density at radius 2 is 1.39 bits per heavy atom. The molecule has 7 N–H and O–H groups in total. The molecule has 11 heteroatoms. The van der Waals surface area contributed by atoms with E-state index < -0.39 is 74.7 Å². The highest BCUT2D eigenvalue weighted by Gasteiger charge is 2.50. The minimum atomic E-state index is -2.22. The van der Waals surface area contributed by atoms with E-state index in [1.807, 2.05) is 0 Å². The van der Waals surface area contributed by atoms with Crippen LogP contribution in [0.1, 0.15) is 0 Å². The van der Waals surface area contributed by atoms with Gasteiger partial charge in [-0.15, -0.1) is 0 Å². The van der Waals surface area contributed by atoms with Gasteiger partial charge in [-0.1, -0.05) is 0 Å². The minimum absolute atomic E-state index is 0.718. The number of aliphatic hydroxyl groups is 7. The van der Waals surface area contributed by atoms with E-state index >= 15 is 0 Å². The van der Waals surface area contributed by atoms with Gasteiger partial charge in [-0.2, -0.15) is 0 Å². The maximum atomic E-state index is 14.1. The number of rotatable bonds is 4. The fourth-order valence-corrected chi connectivity index (χ4v) is 2.55. The van der Waals surface area contributed by atoms with Crippen LogP contribution in [-0.2, 0) is 14.2 Å². The van der Waals surface area contributed by atoms with E-state index in [2.05, 4.69) is 0 Å². The molecule has 0 aromatic carbocycles. The standard InChI is InChI=1S/C12H21FO10/c13-5-7(17)6(16)3(1-14)22-12(5)23-10-4(2-15)21-11(20)9(19)8(10)18/h3-12,14-20H,1-2H2/t3-,4-,5-,6-,7-,8-,9-,10-,11?,12+/m1/s1. The topological polar surface area (TPSA) is 169 Å². The number of hydrogen-bond donors (Lipinski definition) is 7. The summed E-state index contributed by atoms with van der Waals surface area (Å²) in [6.07, 6.45) is -17.0. The van der Waals surface area contributed by atoms with Crippen molar-refractivity contribution in [2.75, 3.05) is 13.2 Å². The molecule has 0 aromatic heterocycles. The summed E-state index contributed by atoms with van der Waals surface area (Å²) >= 11 is 0. The molecular formula is C12H21FO10. The Hall–Kier alpha value is -0.470. The van der Waals surface area contributed by atoms with Crippen LogP contribution in [-0.4, -0.2) is 110 Å². The number of hydrogen-bond acceptors (Lipinski definition) is 10. The maximum Gasteiger partial charge on any atom is 0.192 e. The molecule has 0 bridgehead atoms. The highest BCUT2D eigenvalue weighted by Crippen LogP contribution is 2.29. The monoisotopic (exact) mass is 344 g/mol. The molecule has 23 heavy (non-hydrogen) atoms. The van der Waals surface area contributed by atoms with Gasteiger partial charge in [0.2, 0.25) is 0 Å². The third-order valence-electron chi connectivity index (χ3n) is 3.94. The molecule has 1 unspecified atom stereocenters. The van der Waals surface area contributed by atoms with E-state index in [1.165, 1.54) is 0 Å². The van der Waals surface area contributed by atoms with Crippen molar-refractivity contribution in [3.8, 4) is 0 Å². The van der Waals surface area contributed by atoms with Gasteiger partial charge in [0.1, 0.15) is 42.7 Å². The molecule has 10 atom stereocenters. The lowest BCUT2D eigenvalue weighted by atomic mass is 9.97. The Labute approximate surface area is 130 Å². The molecule has 2 fully saturated rings. The molecule has 2 heterocycles. The predicted molar refractivity (Wildman–Crippen MR) is 67.5 cm³/mol. The largest absolute Gasteiger partial charge is 0.394 e. The summed E-state index contributed by atoms with van der Waals surface area (Å²) in [4.78, 5) is 0. The van der Waals surface area contributed by atoms with Crippen LogP contribution in [0.5, 0.6) is 0 Å². The van der Waals surface area contributed by atoms with Crippen LogP contribution in [0, 0.1) is 0 Å². The highest BCUT2D eigenvalue weighted by atomic mass is 19.1. The third-order valence-corrected chi connectivity index (χ3v) is 3.94. The van der Waals surface area contributed by atoms with Crippen molar-refractivity contribution in [1.29, 1.82) is 0 Å². The van der Waals surface area contributed by atoms with Gasteiger partial charge in [0.25, 0.3) is 0 Å². The Balaban J connectivity index is 2.11. The van der Waals surface area contributed by atoms with Crippen LogP contribution >= 0.6 is 0 Å². The van der Waals surface area contributed by atoms with Crippen molar-refractivity contribution < 1.29 is 54.3 Å². The van der Waals surface area contributed by atoms with Gasteiger partial charge in [-0.05, 0) is 0 Å². The smallest absolute Gasteiger partial charge is 0.192 e. The van der Waals surface area contributed by atoms with Gasteiger partial charge in [0.15, 0.2) is 18.8 Å². The normalized spacial score (nSPS) is 51.7. The van der Waals surface area contributed by atoms with Crippen LogP contribution in [0.15, 0.2) is 0 Å².